The zero-order valence-electron chi connectivity index (χ0n) is 12.8. The molecule has 0 saturated heterocycles. The van der Waals surface area contributed by atoms with Gasteiger partial charge in [-0.15, -0.1) is 0 Å². The van der Waals surface area contributed by atoms with Gasteiger partial charge in [0.25, 0.3) is 0 Å². The number of pyridine rings is 1. The molecule has 2 aliphatic rings. The molecule has 1 N–H and O–H groups in total. The fourth-order valence-electron chi connectivity index (χ4n) is 2.96. The summed E-state index contributed by atoms with van der Waals surface area (Å²) in [7, 11) is 0. The lowest BCUT2D eigenvalue weighted by Gasteiger charge is -2.32. The molecule has 0 radical (unpaired) electrons. The van der Waals surface area contributed by atoms with Gasteiger partial charge in [-0.2, -0.15) is 0 Å². The largest absolute Gasteiger partial charge is 0.341 e. The molecule has 0 aliphatic carbocycles. The van der Waals surface area contributed by atoms with Crippen LogP contribution in [0.2, 0.25) is 0 Å². The van der Waals surface area contributed by atoms with Crippen molar-refractivity contribution < 1.29 is 4.79 Å². The minimum absolute atomic E-state index is 0.0658. The predicted molar refractivity (Wildman–Crippen MR) is 89.6 cm³/mol. The Hall–Kier alpha value is -2.95. The number of nitrogens with zero attached hydrogens (tertiary/aromatic N) is 3. The Morgan fingerprint density at radius 3 is 3.04 bits per heavy atom. The Labute approximate surface area is 134 Å². The first-order valence-electron chi connectivity index (χ1n) is 7.59. The highest BCUT2D eigenvalue weighted by molar-refractivity contribution is 6.10. The minimum Gasteiger partial charge on any atom is -0.341 e. The van der Waals surface area contributed by atoms with E-state index in [-0.39, 0.29) is 5.78 Å². The Kier molecular flexibility index (Phi) is 3.19. The fraction of sp³-hybridized carbons (Fsp3) is 0.167. The fourth-order valence-corrected chi connectivity index (χ4v) is 2.96. The van der Waals surface area contributed by atoms with E-state index in [1.807, 2.05) is 6.07 Å². The summed E-state index contributed by atoms with van der Waals surface area (Å²) in [6.45, 7) is 3.57. The van der Waals surface area contributed by atoms with Crippen LogP contribution in [0.4, 0.5) is 5.69 Å². The van der Waals surface area contributed by atoms with Gasteiger partial charge in [0.05, 0.1) is 12.2 Å². The van der Waals surface area contributed by atoms with E-state index >= 15 is 0 Å². The van der Waals surface area contributed by atoms with E-state index in [1.165, 1.54) is 0 Å². The lowest BCUT2D eigenvalue weighted by Crippen LogP contribution is -2.36. The molecule has 23 heavy (non-hydrogen) atoms. The normalized spacial score (nSPS) is 17.3. The number of benzene rings is 1. The van der Waals surface area contributed by atoms with Crippen LogP contribution < -0.4 is 5.32 Å². The molecule has 0 unspecified atom stereocenters. The van der Waals surface area contributed by atoms with Crippen LogP contribution in [0.1, 0.15) is 21.5 Å². The molecule has 1 aromatic carbocycles. The molecule has 0 atom stereocenters. The zero-order chi connectivity index (χ0) is 15.8. The van der Waals surface area contributed by atoms with Crippen LogP contribution >= 0.6 is 0 Å². The van der Waals surface area contributed by atoms with Gasteiger partial charge in [0.15, 0.2) is 5.78 Å². The summed E-state index contributed by atoms with van der Waals surface area (Å²) in [5.41, 5.74) is 3.83. The molecule has 2 aromatic rings. The second kappa shape index (κ2) is 5.35. The summed E-state index contributed by atoms with van der Waals surface area (Å²) in [5.74, 6) is 1.65. The van der Waals surface area contributed by atoms with Gasteiger partial charge < -0.3 is 10.2 Å². The highest BCUT2D eigenvalue weighted by atomic mass is 16.1. The molecular weight excluding hydrogens is 288 g/mol. The lowest BCUT2D eigenvalue weighted by atomic mass is 10.0. The van der Waals surface area contributed by atoms with E-state index in [9.17, 15) is 4.79 Å². The number of allylic oxidation sites excluding steroid dienone is 1. The number of amidine groups is 1. The minimum atomic E-state index is -0.0658. The van der Waals surface area contributed by atoms with Gasteiger partial charge in [0.1, 0.15) is 11.7 Å². The molecular formula is C18H16N4O. The topological polar surface area (TPSA) is 57.6 Å². The highest BCUT2D eigenvalue weighted by Crippen LogP contribution is 2.32. The van der Waals surface area contributed by atoms with Crippen LogP contribution in [0.3, 0.4) is 0 Å². The molecule has 3 heterocycles. The summed E-state index contributed by atoms with van der Waals surface area (Å²) in [5, 5.41) is 3.40. The average molecular weight is 304 g/mol. The van der Waals surface area contributed by atoms with Crippen molar-refractivity contribution in [1.82, 2.24) is 9.88 Å². The summed E-state index contributed by atoms with van der Waals surface area (Å²) >= 11 is 0. The Balaban J connectivity index is 1.76. The molecule has 4 rings (SSSR count). The van der Waals surface area contributed by atoms with Crippen LogP contribution in [0.15, 0.2) is 59.6 Å². The number of ketones is 1. The Morgan fingerprint density at radius 2 is 2.22 bits per heavy atom. The number of hydrogen-bond donors (Lipinski definition) is 1. The number of anilines is 1. The summed E-state index contributed by atoms with van der Waals surface area (Å²) in [4.78, 5) is 23.2. The monoisotopic (exact) mass is 304 g/mol. The summed E-state index contributed by atoms with van der Waals surface area (Å²) < 4.78 is 0. The van der Waals surface area contributed by atoms with Crippen molar-refractivity contribution >= 4 is 17.3 Å². The number of aryl methyl sites for hydroxylation is 1. The van der Waals surface area contributed by atoms with Crippen LogP contribution in [0.25, 0.3) is 0 Å². The second-order valence-electron chi connectivity index (χ2n) is 5.61. The third-order valence-corrected chi connectivity index (χ3v) is 4.11. The number of para-hydroxylation sites is 1. The van der Waals surface area contributed by atoms with Crippen LogP contribution in [-0.4, -0.2) is 34.6 Å². The van der Waals surface area contributed by atoms with Gasteiger partial charge >= 0.3 is 0 Å². The number of aromatic nitrogens is 1. The SMILES string of the molecule is Cc1cccc2c1NC(=CC(=O)c1cccnc1)N1CCN=C21. The third-order valence-electron chi connectivity index (χ3n) is 4.11. The number of carbonyl (C=O) groups excluding carboxylic acids is 1. The molecule has 0 spiro atoms. The first-order valence-corrected chi connectivity index (χ1v) is 7.59. The number of hydrogen-bond acceptors (Lipinski definition) is 5. The highest BCUT2D eigenvalue weighted by Gasteiger charge is 2.30. The molecule has 114 valence electrons. The molecule has 0 saturated carbocycles. The maximum atomic E-state index is 12.5. The third kappa shape index (κ3) is 2.30. The molecule has 2 aliphatic heterocycles. The van der Waals surface area contributed by atoms with Gasteiger partial charge in [-0.3, -0.25) is 14.8 Å². The molecule has 5 nitrogen and oxygen atoms in total. The maximum absolute atomic E-state index is 12.5. The quantitative estimate of drug-likeness (QED) is 0.684. The van der Waals surface area contributed by atoms with Crippen LogP contribution in [0.5, 0.6) is 0 Å². The lowest BCUT2D eigenvalue weighted by molar-refractivity contribution is 0.104. The summed E-state index contributed by atoms with van der Waals surface area (Å²) in [6, 6.07) is 9.68. The van der Waals surface area contributed by atoms with E-state index < -0.39 is 0 Å². The molecule has 1 aromatic heterocycles. The van der Waals surface area contributed by atoms with Gasteiger partial charge in [0, 0.05) is 36.1 Å². The van der Waals surface area contributed by atoms with Gasteiger partial charge in [-0.1, -0.05) is 12.1 Å². The molecule has 5 heteroatoms. The van der Waals surface area contributed by atoms with E-state index in [4.69, 9.17) is 0 Å². The molecule has 0 bridgehead atoms. The first kappa shape index (κ1) is 13.7. The molecule has 0 amide bonds. The predicted octanol–water partition coefficient (Wildman–Crippen LogP) is 2.60. The zero-order valence-corrected chi connectivity index (χ0v) is 12.8. The average Bonchev–Trinajstić information content (AvgIpc) is 3.07. The number of carbonyl (C=O) groups is 1. The van der Waals surface area contributed by atoms with Crippen molar-refractivity contribution in [2.45, 2.75) is 6.92 Å². The van der Waals surface area contributed by atoms with Crippen molar-refractivity contribution in [3.05, 3.63) is 71.3 Å². The van der Waals surface area contributed by atoms with Gasteiger partial charge in [0.2, 0.25) is 0 Å². The van der Waals surface area contributed by atoms with Crippen molar-refractivity contribution in [3.63, 3.8) is 0 Å². The van der Waals surface area contributed by atoms with Crippen molar-refractivity contribution in [3.8, 4) is 0 Å². The maximum Gasteiger partial charge on any atom is 0.191 e. The van der Waals surface area contributed by atoms with E-state index in [2.05, 4.69) is 39.2 Å². The standard InChI is InChI=1S/C18H16N4O/c1-12-4-2-6-14-17(12)21-16(22-9-8-20-18(14)22)10-15(23)13-5-3-7-19-11-13/h2-7,10-11,21H,8-9H2,1H3. The van der Waals surface area contributed by atoms with E-state index in [0.717, 1.165) is 41.6 Å². The Bertz CT molecular complexity index is 839. The van der Waals surface area contributed by atoms with Crippen LogP contribution in [-0.2, 0) is 0 Å². The molecule has 0 fully saturated rings. The van der Waals surface area contributed by atoms with Crippen LogP contribution in [0, 0.1) is 6.92 Å². The first-order chi connectivity index (χ1) is 11.2. The van der Waals surface area contributed by atoms with Gasteiger partial charge in [-0.05, 0) is 30.7 Å². The van der Waals surface area contributed by atoms with Crippen molar-refractivity contribution in [1.29, 1.82) is 0 Å². The van der Waals surface area contributed by atoms with E-state index in [1.54, 1.807) is 30.6 Å². The van der Waals surface area contributed by atoms with Gasteiger partial charge in [-0.25, -0.2) is 0 Å². The van der Waals surface area contributed by atoms with Crippen molar-refractivity contribution in [2.75, 3.05) is 18.4 Å². The second-order valence-corrected chi connectivity index (χ2v) is 5.61. The number of rotatable bonds is 2. The van der Waals surface area contributed by atoms with E-state index in [0.29, 0.717) is 5.56 Å². The van der Waals surface area contributed by atoms with Crippen molar-refractivity contribution in [2.24, 2.45) is 4.99 Å². The number of fused-ring (bicyclic) bond motifs is 3. The smallest absolute Gasteiger partial charge is 0.191 e. The Morgan fingerprint density at radius 1 is 1.30 bits per heavy atom. The number of aliphatic imine (C=N–C) groups is 1. The number of nitrogens with one attached hydrogen (secondary N) is 1. The summed E-state index contributed by atoms with van der Waals surface area (Å²) in [6.07, 6.45) is 4.88.